The van der Waals surface area contributed by atoms with Crippen LogP contribution in [0.1, 0.15) is 39.0 Å². The van der Waals surface area contributed by atoms with Gasteiger partial charge in [0.25, 0.3) is 0 Å². The molecule has 1 saturated heterocycles. The van der Waals surface area contributed by atoms with Crippen molar-refractivity contribution < 1.29 is 4.79 Å². The highest BCUT2D eigenvalue weighted by molar-refractivity contribution is 5.79. The van der Waals surface area contributed by atoms with E-state index in [1.54, 1.807) is 0 Å². The summed E-state index contributed by atoms with van der Waals surface area (Å²) >= 11 is 0. The molecule has 1 saturated carbocycles. The molecule has 3 heteroatoms. The fraction of sp³-hybridized carbons (Fsp3) is 0.917. The average molecular weight is 210 g/mol. The Morgan fingerprint density at radius 1 is 1.33 bits per heavy atom. The van der Waals surface area contributed by atoms with Crippen molar-refractivity contribution in [1.82, 2.24) is 10.6 Å². The Morgan fingerprint density at radius 2 is 2.20 bits per heavy atom. The molecule has 1 aliphatic heterocycles. The van der Waals surface area contributed by atoms with Crippen LogP contribution >= 0.6 is 0 Å². The normalized spacial score (nSPS) is 36.5. The number of hydrogen-bond acceptors (Lipinski definition) is 2. The third-order valence-electron chi connectivity index (χ3n) is 3.71. The van der Waals surface area contributed by atoms with Crippen molar-refractivity contribution in [2.24, 2.45) is 11.8 Å². The first-order valence-corrected chi connectivity index (χ1v) is 6.27. The summed E-state index contributed by atoms with van der Waals surface area (Å²) in [6, 6.07) is 0.453. The van der Waals surface area contributed by atoms with Gasteiger partial charge < -0.3 is 10.6 Å². The molecule has 2 rings (SSSR count). The van der Waals surface area contributed by atoms with Gasteiger partial charge >= 0.3 is 0 Å². The van der Waals surface area contributed by atoms with Gasteiger partial charge in [-0.05, 0) is 44.6 Å². The molecule has 2 aliphatic rings. The maximum atomic E-state index is 11.9. The minimum absolute atomic E-state index is 0.217. The van der Waals surface area contributed by atoms with Gasteiger partial charge in [0.15, 0.2) is 0 Å². The third-order valence-corrected chi connectivity index (χ3v) is 3.71. The molecule has 3 nitrogen and oxygen atoms in total. The molecule has 1 amide bonds. The number of nitrogens with one attached hydrogen (secondary N) is 2. The van der Waals surface area contributed by atoms with Crippen LogP contribution in [0.5, 0.6) is 0 Å². The highest BCUT2D eigenvalue weighted by atomic mass is 16.2. The van der Waals surface area contributed by atoms with E-state index in [0.29, 0.717) is 6.04 Å². The summed E-state index contributed by atoms with van der Waals surface area (Å²) in [6.07, 6.45) is 5.81. The van der Waals surface area contributed by atoms with Gasteiger partial charge in [0.2, 0.25) is 5.91 Å². The smallest absolute Gasteiger partial charge is 0.224 e. The van der Waals surface area contributed by atoms with Crippen LogP contribution < -0.4 is 10.6 Å². The largest absolute Gasteiger partial charge is 0.353 e. The number of amides is 1. The van der Waals surface area contributed by atoms with Gasteiger partial charge in [-0.25, -0.2) is 0 Å². The lowest BCUT2D eigenvalue weighted by Crippen LogP contribution is -2.43. The summed E-state index contributed by atoms with van der Waals surface area (Å²) in [4.78, 5) is 11.9. The van der Waals surface area contributed by atoms with Gasteiger partial charge in [0.05, 0.1) is 5.92 Å². The van der Waals surface area contributed by atoms with Gasteiger partial charge in [-0.2, -0.15) is 0 Å². The van der Waals surface area contributed by atoms with Crippen LogP contribution in [0.4, 0.5) is 0 Å². The zero-order valence-corrected chi connectivity index (χ0v) is 9.59. The highest BCUT2D eigenvalue weighted by Gasteiger charge is 2.26. The molecule has 2 N–H and O–H groups in total. The molecular weight excluding hydrogens is 188 g/mol. The van der Waals surface area contributed by atoms with Crippen molar-refractivity contribution in [3.05, 3.63) is 0 Å². The number of hydrogen-bond donors (Lipinski definition) is 2. The van der Waals surface area contributed by atoms with Crippen LogP contribution in [0.3, 0.4) is 0 Å². The van der Waals surface area contributed by atoms with Crippen molar-refractivity contribution in [2.45, 2.75) is 45.1 Å². The van der Waals surface area contributed by atoms with Gasteiger partial charge in [-0.1, -0.05) is 6.92 Å². The van der Waals surface area contributed by atoms with Crippen molar-refractivity contribution in [3.8, 4) is 0 Å². The summed E-state index contributed by atoms with van der Waals surface area (Å²) in [5.41, 5.74) is 0. The third kappa shape index (κ3) is 2.94. The van der Waals surface area contributed by atoms with E-state index in [4.69, 9.17) is 0 Å². The summed E-state index contributed by atoms with van der Waals surface area (Å²) in [6.45, 7) is 4.21. The molecule has 15 heavy (non-hydrogen) atoms. The zero-order chi connectivity index (χ0) is 10.7. The Hall–Kier alpha value is -0.570. The lowest BCUT2D eigenvalue weighted by atomic mass is 9.98. The molecule has 0 bridgehead atoms. The number of carbonyl (C=O) groups excluding carboxylic acids is 1. The maximum Gasteiger partial charge on any atom is 0.224 e. The van der Waals surface area contributed by atoms with Crippen LogP contribution in [0, 0.1) is 11.8 Å². The lowest BCUT2D eigenvalue weighted by molar-refractivity contribution is -0.126. The van der Waals surface area contributed by atoms with Crippen molar-refractivity contribution >= 4 is 5.91 Å². The second-order valence-corrected chi connectivity index (χ2v) is 5.17. The first-order valence-electron chi connectivity index (χ1n) is 6.27. The predicted molar refractivity (Wildman–Crippen MR) is 60.5 cm³/mol. The van der Waals surface area contributed by atoms with Gasteiger partial charge in [-0.15, -0.1) is 0 Å². The molecule has 1 aliphatic carbocycles. The van der Waals surface area contributed by atoms with Crippen LogP contribution in [0.2, 0.25) is 0 Å². The van der Waals surface area contributed by atoms with Gasteiger partial charge in [0, 0.05) is 12.6 Å². The lowest BCUT2D eigenvalue weighted by Gasteiger charge is -2.23. The zero-order valence-electron chi connectivity index (χ0n) is 9.59. The monoisotopic (exact) mass is 210 g/mol. The first-order chi connectivity index (χ1) is 7.25. The topological polar surface area (TPSA) is 41.1 Å². The first kappa shape index (κ1) is 10.9. The van der Waals surface area contributed by atoms with Crippen molar-refractivity contribution in [1.29, 1.82) is 0 Å². The molecule has 2 fully saturated rings. The molecule has 3 atom stereocenters. The SMILES string of the molecule is CC1CCC(NC(=O)C2CCCNC2)C1. The number of rotatable bonds is 2. The minimum Gasteiger partial charge on any atom is -0.353 e. The summed E-state index contributed by atoms with van der Waals surface area (Å²) in [5.74, 6) is 1.29. The molecular formula is C12H22N2O. The molecule has 86 valence electrons. The number of carbonyl (C=O) groups is 1. The Balaban J connectivity index is 1.76. The fourth-order valence-corrected chi connectivity index (χ4v) is 2.73. The second-order valence-electron chi connectivity index (χ2n) is 5.17. The quantitative estimate of drug-likeness (QED) is 0.721. The minimum atomic E-state index is 0.217. The molecule has 3 unspecified atom stereocenters. The Labute approximate surface area is 92.0 Å². The van der Waals surface area contributed by atoms with Gasteiger partial charge in [0.1, 0.15) is 0 Å². The predicted octanol–water partition coefficient (Wildman–Crippen LogP) is 1.29. The standard InChI is InChI=1S/C12H22N2O/c1-9-4-5-11(7-9)14-12(15)10-3-2-6-13-8-10/h9-11,13H,2-8H2,1H3,(H,14,15). The van der Waals surface area contributed by atoms with E-state index in [1.165, 1.54) is 19.3 Å². The Bertz CT molecular complexity index is 224. The molecule has 0 aromatic carbocycles. The van der Waals surface area contributed by atoms with E-state index in [0.717, 1.165) is 31.8 Å². The van der Waals surface area contributed by atoms with E-state index in [-0.39, 0.29) is 11.8 Å². The number of piperidine rings is 1. The second kappa shape index (κ2) is 4.97. The Kier molecular flexibility index (Phi) is 3.62. The van der Waals surface area contributed by atoms with Gasteiger partial charge in [-0.3, -0.25) is 4.79 Å². The highest BCUT2D eigenvalue weighted by Crippen LogP contribution is 2.25. The van der Waals surface area contributed by atoms with Crippen LogP contribution in [0.25, 0.3) is 0 Å². The molecule has 0 aromatic heterocycles. The summed E-state index contributed by atoms with van der Waals surface area (Å²) < 4.78 is 0. The average Bonchev–Trinajstić information content (AvgIpc) is 2.65. The van der Waals surface area contributed by atoms with Crippen molar-refractivity contribution in [2.75, 3.05) is 13.1 Å². The molecule has 0 spiro atoms. The van der Waals surface area contributed by atoms with E-state index < -0.39 is 0 Å². The maximum absolute atomic E-state index is 11.9. The van der Waals surface area contributed by atoms with E-state index in [9.17, 15) is 4.79 Å². The van der Waals surface area contributed by atoms with Crippen LogP contribution in [-0.4, -0.2) is 25.0 Å². The Morgan fingerprint density at radius 3 is 2.80 bits per heavy atom. The molecule has 0 radical (unpaired) electrons. The van der Waals surface area contributed by atoms with Crippen LogP contribution in [0.15, 0.2) is 0 Å². The molecule has 0 aromatic rings. The van der Waals surface area contributed by atoms with E-state index >= 15 is 0 Å². The van der Waals surface area contributed by atoms with Crippen LogP contribution in [-0.2, 0) is 4.79 Å². The van der Waals surface area contributed by atoms with E-state index in [2.05, 4.69) is 17.6 Å². The molecule has 1 heterocycles. The van der Waals surface area contributed by atoms with Crippen molar-refractivity contribution in [3.63, 3.8) is 0 Å². The summed E-state index contributed by atoms with van der Waals surface area (Å²) in [7, 11) is 0. The van der Waals surface area contributed by atoms with E-state index in [1.807, 2.05) is 0 Å². The summed E-state index contributed by atoms with van der Waals surface area (Å²) in [5, 5.41) is 6.49. The fourth-order valence-electron chi connectivity index (χ4n) is 2.73.